The maximum Gasteiger partial charge on any atom is 0.191 e. The number of ether oxygens (including phenoxy) is 2. The molecule has 0 saturated heterocycles. The summed E-state index contributed by atoms with van der Waals surface area (Å²) in [6, 6.07) is 6.27. The molecule has 0 radical (unpaired) electrons. The van der Waals surface area contributed by atoms with Crippen molar-refractivity contribution in [2.45, 2.75) is 39.7 Å². The van der Waals surface area contributed by atoms with Gasteiger partial charge in [-0.2, -0.15) is 5.10 Å². The van der Waals surface area contributed by atoms with E-state index >= 15 is 0 Å². The Hall–Kier alpha value is -1.81. The van der Waals surface area contributed by atoms with Crippen molar-refractivity contribution in [2.24, 2.45) is 12.0 Å². The van der Waals surface area contributed by atoms with Crippen LogP contribution in [0.25, 0.3) is 0 Å². The minimum atomic E-state index is 0. The van der Waals surface area contributed by atoms with E-state index in [1.807, 2.05) is 17.9 Å². The summed E-state index contributed by atoms with van der Waals surface area (Å²) in [7, 11) is 3.65. The van der Waals surface area contributed by atoms with Gasteiger partial charge in [-0.05, 0) is 43.9 Å². The largest absolute Gasteiger partial charge is 0.493 e. The first-order valence-corrected chi connectivity index (χ1v) is 10.3. The Balaban J connectivity index is 0.00000450. The zero-order valence-corrected chi connectivity index (χ0v) is 20.9. The fourth-order valence-electron chi connectivity index (χ4n) is 2.92. The van der Waals surface area contributed by atoms with Crippen LogP contribution in [0.3, 0.4) is 0 Å². The van der Waals surface area contributed by atoms with Gasteiger partial charge in [-0.15, -0.1) is 24.0 Å². The number of hydrogen-bond donors (Lipinski definition) is 2. The molecule has 1 heterocycles. The zero-order valence-electron chi connectivity index (χ0n) is 18.6. The fourth-order valence-corrected chi connectivity index (χ4v) is 2.92. The summed E-state index contributed by atoms with van der Waals surface area (Å²) in [6.45, 7) is 7.73. The minimum Gasteiger partial charge on any atom is -0.493 e. The summed E-state index contributed by atoms with van der Waals surface area (Å²) in [6.07, 6.45) is 6.87. The van der Waals surface area contributed by atoms with Gasteiger partial charge in [0.05, 0.1) is 19.3 Å². The van der Waals surface area contributed by atoms with Crippen LogP contribution < -0.4 is 15.4 Å². The highest BCUT2D eigenvalue weighted by molar-refractivity contribution is 14.0. The van der Waals surface area contributed by atoms with Crippen LogP contribution in [0.5, 0.6) is 5.75 Å². The van der Waals surface area contributed by atoms with E-state index in [2.05, 4.69) is 54.0 Å². The average Bonchev–Trinajstić information content (AvgIpc) is 3.12. The lowest BCUT2D eigenvalue weighted by atomic mass is 10.1. The van der Waals surface area contributed by atoms with Crippen molar-refractivity contribution >= 4 is 29.9 Å². The second kappa shape index (κ2) is 15.1. The lowest BCUT2D eigenvalue weighted by Gasteiger charge is -2.13. The quantitative estimate of drug-likeness (QED) is 0.191. The van der Waals surface area contributed by atoms with Crippen LogP contribution in [0.1, 0.15) is 36.5 Å². The summed E-state index contributed by atoms with van der Waals surface area (Å²) in [5.41, 5.74) is 3.52. The maximum absolute atomic E-state index is 5.96. The molecule has 30 heavy (non-hydrogen) atoms. The maximum atomic E-state index is 5.96. The molecule has 1 aromatic carbocycles. The number of nitrogens with zero attached hydrogens (tertiary/aromatic N) is 3. The smallest absolute Gasteiger partial charge is 0.191 e. The third-order valence-corrected chi connectivity index (χ3v) is 4.42. The predicted molar refractivity (Wildman–Crippen MR) is 133 cm³/mol. The number of rotatable bonds is 12. The Morgan fingerprint density at radius 2 is 2.03 bits per heavy atom. The van der Waals surface area contributed by atoms with Gasteiger partial charge in [-0.25, -0.2) is 4.99 Å². The van der Waals surface area contributed by atoms with Crippen LogP contribution >= 0.6 is 24.0 Å². The van der Waals surface area contributed by atoms with Crippen molar-refractivity contribution in [1.82, 2.24) is 20.4 Å². The molecule has 0 aliphatic heterocycles. The van der Waals surface area contributed by atoms with Crippen molar-refractivity contribution in [3.63, 3.8) is 0 Å². The first-order valence-electron chi connectivity index (χ1n) is 10.3. The number of halogens is 1. The minimum absolute atomic E-state index is 0. The van der Waals surface area contributed by atoms with Gasteiger partial charge in [0.1, 0.15) is 5.75 Å². The Kier molecular flexibility index (Phi) is 13.2. The molecule has 7 nitrogen and oxygen atoms in total. The van der Waals surface area contributed by atoms with E-state index in [9.17, 15) is 0 Å². The second-order valence-electron chi connectivity index (χ2n) is 7.05. The number of aromatic nitrogens is 2. The summed E-state index contributed by atoms with van der Waals surface area (Å²) >= 11 is 0. The first kappa shape index (κ1) is 26.2. The van der Waals surface area contributed by atoms with Crippen LogP contribution in [0, 0.1) is 6.92 Å². The SMILES string of the molecule is CCNC(=NCc1ccc(C)cc1OCCCOC)NCCCc1cnn(C)c1.I. The lowest BCUT2D eigenvalue weighted by molar-refractivity contribution is 0.172. The standard InChI is InChI=1S/C22H35N5O2.HI/c1-5-23-22(24-11-6-8-19-15-26-27(3)17-19)25-16-20-10-9-18(2)14-21(20)29-13-7-12-28-4;/h9-10,14-15,17H,5-8,11-13,16H2,1-4H3,(H2,23,24,25);1H. The van der Waals surface area contributed by atoms with Gasteiger partial charge in [0.15, 0.2) is 5.96 Å². The van der Waals surface area contributed by atoms with Crippen molar-refractivity contribution < 1.29 is 9.47 Å². The Morgan fingerprint density at radius 1 is 1.20 bits per heavy atom. The molecule has 1 aromatic heterocycles. The topological polar surface area (TPSA) is 72.7 Å². The average molecular weight is 529 g/mol. The molecule has 0 atom stereocenters. The lowest BCUT2D eigenvalue weighted by Crippen LogP contribution is -2.37. The summed E-state index contributed by atoms with van der Waals surface area (Å²) in [5, 5.41) is 10.9. The molecule has 8 heteroatoms. The number of benzene rings is 1. The van der Waals surface area contributed by atoms with E-state index in [0.29, 0.717) is 19.8 Å². The number of nitrogens with one attached hydrogen (secondary N) is 2. The van der Waals surface area contributed by atoms with Crippen LogP contribution in [-0.4, -0.2) is 49.2 Å². The number of aliphatic imine (C=N–C) groups is 1. The fraction of sp³-hybridized carbons (Fsp3) is 0.545. The molecule has 2 N–H and O–H groups in total. The van der Waals surface area contributed by atoms with Gasteiger partial charge in [0, 0.05) is 52.0 Å². The van der Waals surface area contributed by atoms with Gasteiger partial charge < -0.3 is 20.1 Å². The van der Waals surface area contributed by atoms with E-state index in [1.54, 1.807) is 7.11 Å². The molecule has 0 unspecified atom stereocenters. The van der Waals surface area contributed by atoms with Crippen molar-refractivity contribution in [1.29, 1.82) is 0 Å². The van der Waals surface area contributed by atoms with E-state index in [4.69, 9.17) is 14.5 Å². The van der Waals surface area contributed by atoms with Crippen molar-refractivity contribution in [2.75, 3.05) is 33.4 Å². The van der Waals surface area contributed by atoms with Crippen molar-refractivity contribution in [3.05, 3.63) is 47.3 Å². The molecule has 0 amide bonds. The van der Waals surface area contributed by atoms with E-state index in [1.165, 1.54) is 11.1 Å². The number of aryl methyl sites for hydroxylation is 3. The molecule has 0 bridgehead atoms. The molecule has 0 fully saturated rings. The van der Waals surface area contributed by atoms with Gasteiger partial charge >= 0.3 is 0 Å². The Bertz CT molecular complexity index is 764. The highest BCUT2D eigenvalue weighted by Crippen LogP contribution is 2.21. The monoisotopic (exact) mass is 529 g/mol. The molecule has 0 aliphatic rings. The summed E-state index contributed by atoms with van der Waals surface area (Å²) < 4.78 is 12.9. The molecule has 0 saturated carbocycles. The molecule has 2 rings (SSSR count). The molecular formula is C22H36IN5O2. The normalized spacial score (nSPS) is 11.1. The van der Waals surface area contributed by atoms with Gasteiger partial charge in [-0.3, -0.25) is 4.68 Å². The number of guanidine groups is 1. The number of hydrogen-bond acceptors (Lipinski definition) is 4. The third kappa shape index (κ3) is 9.80. The zero-order chi connectivity index (χ0) is 20.9. The summed E-state index contributed by atoms with van der Waals surface area (Å²) in [5.74, 6) is 1.72. The highest BCUT2D eigenvalue weighted by Gasteiger charge is 2.05. The van der Waals surface area contributed by atoms with Crippen LogP contribution in [0.2, 0.25) is 0 Å². The van der Waals surface area contributed by atoms with Crippen LogP contribution in [0.15, 0.2) is 35.6 Å². The molecule has 2 aromatic rings. The third-order valence-electron chi connectivity index (χ3n) is 4.42. The van der Waals surface area contributed by atoms with Gasteiger partial charge in [-0.1, -0.05) is 12.1 Å². The van der Waals surface area contributed by atoms with Crippen LogP contribution in [-0.2, 0) is 24.8 Å². The van der Waals surface area contributed by atoms with Gasteiger partial charge in [0.2, 0.25) is 0 Å². The van der Waals surface area contributed by atoms with Crippen molar-refractivity contribution in [3.8, 4) is 5.75 Å². The van der Waals surface area contributed by atoms with E-state index in [0.717, 1.165) is 49.6 Å². The molecular weight excluding hydrogens is 493 g/mol. The van der Waals surface area contributed by atoms with E-state index in [-0.39, 0.29) is 24.0 Å². The molecule has 0 aliphatic carbocycles. The second-order valence-corrected chi connectivity index (χ2v) is 7.05. The van der Waals surface area contributed by atoms with E-state index < -0.39 is 0 Å². The number of methoxy groups -OCH3 is 1. The van der Waals surface area contributed by atoms with Crippen LogP contribution in [0.4, 0.5) is 0 Å². The molecule has 168 valence electrons. The Labute approximate surface area is 197 Å². The Morgan fingerprint density at radius 3 is 2.73 bits per heavy atom. The van der Waals surface area contributed by atoms with Gasteiger partial charge in [0.25, 0.3) is 0 Å². The highest BCUT2D eigenvalue weighted by atomic mass is 127. The predicted octanol–water partition coefficient (Wildman–Crippen LogP) is 3.45. The molecule has 0 spiro atoms. The first-order chi connectivity index (χ1) is 14.1. The summed E-state index contributed by atoms with van der Waals surface area (Å²) in [4.78, 5) is 4.74.